The molecule has 2 amide bonds. The topological polar surface area (TPSA) is 58.6 Å². The Kier molecular flexibility index (Phi) is 5.09. The molecule has 1 heterocycles. The van der Waals surface area contributed by atoms with Crippen molar-refractivity contribution in [3.05, 3.63) is 64.6 Å². The fourth-order valence-electron chi connectivity index (χ4n) is 2.45. The molecule has 0 aliphatic carbocycles. The number of carbonyl (C=O) groups is 2. The Bertz CT molecular complexity index is 848. The molecule has 0 radical (unpaired) electrons. The maximum absolute atomic E-state index is 12.5. The zero-order valence-electron chi connectivity index (χ0n) is 14.0. The minimum Gasteiger partial charge on any atom is -0.497 e. The molecule has 6 heteroatoms. The summed E-state index contributed by atoms with van der Waals surface area (Å²) in [6, 6.07) is 15.1. The van der Waals surface area contributed by atoms with Crippen LogP contribution in [0.15, 0.2) is 53.4 Å². The lowest BCUT2D eigenvalue weighted by Gasteiger charge is -2.15. The van der Waals surface area contributed by atoms with Gasteiger partial charge in [-0.1, -0.05) is 30.3 Å². The minimum atomic E-state index is -0.293. The number of hydrogen-bond acceptors (Lipinski definition) is 5. The smallest absolute Gasteiger partial charge is 0.295 e. The van der Waals surface area contributed by atoms with Crippen molar-refractivity contribution in [1.29, 1.82) is 0 Å². The number of ether oxygens (including phenoxy) is 1. The molecule has 25 heavy (non-hydrogen) atoms. The molecule has 1 aliphatic rings. The van der Waals surface area contributed by atoms with E-state index in [2.05, 4.69) is 5.32 Å². The number of amides is 2. The summed E-state index contributed by atoms with van der Waals surface area (Å²) in [4.78, 5) is 26.3. The van der Waals surface area contributed by atoms with Crippen molar-refractivity contribution in [3.63, 3.8) is 0 Å². The highest BCUT2D eigenvalue weighted by molar-refractivity contribution is 8.18. The third-order valence-corrected chi connectivity index (χ3v) is 4.75. The van der Waals surface area contributed by atoms with Crippen LogP contribution in [-0.4, -0.2) is 29.8 Å². The lowest BCUT2D eigenvalue weighted by atomic mass is 10.2. The highest BCUT2D eigenvalue weighted by Gasteiger charge is 2.34. The molecule has 5 nitrogen and oxygen atoms in total. The van der Waals surface area contributed by atoms with Gasteiger partial charge in [0.2, 0.25) is 0 Å². The maximum atomic E-state index is 12.5. The normalized spacial score (nSPS) is 15.8. The van der Waals surface area contributed by atoms with Gasteiger partial charge in [0, 0.05) is 5.69 Å². The van der Waals surface area contributed by atoms with Gasteiger partial charge >= 0.3 is 0 Å². The van der Waals surface area contributed by atoms with E-state index < -0.39 is 0 Å². The lowest BCUT2D eigenvalue weighted by molar-refractivity contribution is -0.122. The van der Waals surface area contributed by atoms with Gasteiger partial charge in [0.05, 0.1) is 18.7 Å². The summed E-state index contributed by atoms with van der Waals surface area (Å²) in [5, 5.41) is 2.86. The summed E-state index contributed by atoms with van der Waals surface area (Å²) in [5.74, 6) is 0.410. The molecule has 1 aliphatic heterocycles. The lowest BCUT2D eigenvalue weighted by Crippen LogP contribution is -2.33. The first-order valence-corrected chi connectivity index (χ1v) is 8.59. The van der Waals surface area contributed by atoms with Crippen molar-refractivity contribution in [3.8, 4) is 5.75 Å². The maximum Gasteiger partial charge on any atom is 0.295 e. The van der Waals surface area contributed by atoms with Gasteiger partial charge in [0.25, 0.3) is 11.1 Å². The third kappa shape index (κ3) is 3.85. The molecule has 2 aromatic carbocycles. The summed E-state index contributed by atoms with van der Waals surface area (Å²) in [6.45, 7) is 2.11. The van der Waals surface area contributed by atoms with Crippen LogP contribution in [0.5, 0.6) is 5.75 Å². The fourth-order valence-corrected chi connectivity index (χ4v) is 3.29. The van der Waals surface area contributed by atoms with Crippen LogP contribution < -0.4 is 10.1 Å². The first kappa shape index (κ1) is 17.1. The van der Waals surface area contributed by atoms with E-state index in [-0.39, 0.29) is 17.8 Å². The van der Waals surface area contributed by atoms with E-state index in [1.807, 2.05) is 55.5 Å². The van der Waals surface area contributed by atoms with Crippen molar-refractivity contribution in [2.75, 3.05) is 19.1 Å². The highest BCUT2D eigenvalue weighted by Crippen LogP contribution is 2.32. The number of anilines is 1. The summed E-state index contributed by atoms with van der Waals surface area (Å²) in [5.41, 5.74) is 2.77. The number of carbonyl (C=O) groups excluding carboxylic acids is 2. The van der Waals surface area contributed by atoms with E-state index in [9.17, 15) is 9.59 Å². The van der Waals surface area contributed by atoms with Crippen LogP contribution in [0.1, 0.15) is 11.1 Å². The first-order chi connectivity index (χ1) is 12.1. The van der Waals surface area contributed by atoms with Gasteiger partial charge in [-0.05, 0) is 54.1 Å². The highest BCUT2D eigenvalue weighted by atomic mass is 32.2. The second-order valence-corrected chi connectivity index (χ2v) is 6.53. The number of imide groups is 1. The number of methoxy groups -OCH3 is 1. The van der Waals surface area contributed by atoms with Crippen LogP contribution in [0.4, 0.5) is 10.5 Å². The Balaban J connectivity index is 1.73. The molecule has 0 unspecified atom stereocenters. The summed E-state index contributed by atoms with van der Waals surface area (Å²) in [7, 11) is 1.59. The van der Waals surface area contributed by atoms with Crippen molar-refractivity contribution in [2.45, 2.75) is 6.92 Å². The van der Waals surface area contributed by atoms with E-state index in [0.29, 0.717) is 10.7 Å². The van der Waals surface area contributed by atoms with Crippen molar-refractivity contribution >= 4 is 34.7 Å². The molecule has 0 aromatic heterocycles. The second kappa shape index (κ2) is 7.44. The number of nitrogens with zero attached hydrogens (tertiary/aromatic N) is 1. The number of benzene rings is 2. The Labute approximate surface area is 150 Å². The molecular formula is C19H18N2O3S. The number of hydrogen-bond donors (Lipinski definition) is 1. The van der Waals surface area contributed by atoms with E-state index in [1.165, 1.54) is 4.90 Å². The molecule has 0 saturated carbocycles. The number of rotatable bonds is 5. The van der Waals surface area contributed by atoms with Crippen LogP contribution in [0, 0.1) is 6.92 Å². The van der Waals surface area contributed by atoms with Gasteiger partial charge in [-0.25, -0.2) is 0 Å². The van der Waals surface area contributed by atoms with E-state index in [1.54, 1.807) is 13.2 Å². The SMILES string of the molecule is COc1cccc(C=C2SC(=O)N(CNc3ccccc3C)C2=O)c1. The minimum absolute atomic E-state index is 0.144. The van der Waals surface area contributed by atoms with E-state index >= 15 is 0 Å². The van der Waals surface area contributed by atoms with Crippen LogP contribution in [-0.2, 0) is 4.79 Å². The molecule has 1 saturated heterocycles. The van der Waals surface area contributed by atoms with Gasteiger partial charge in [0.15, 0.2) is 0 Å². The van der Waals surface area contributed by atoms with Crippen molar-refractivity contribution in [1.82, 2.24) is 4.90 Å². The average molecular weight is 354 g/mol. The van der Waals surface area contributed by atoms with Gasteiger partial charge < -0.3 is 10.1 Å². The number of nitrogens with one attached hydrogen (secondary N) is 1. The molecule has 2 aromatic rings. The Hall–Kier alpha value is -2.73. The van der Waals surface area contributed by atoms with Crippen molar-refractivity contribution in [2.24, 2.45) is 0 Å². The van der Waals surface area contributed by atoms with Crippen LogP contribution in [0.3, 0.4) is 0 Å². The molecular weight excluding hydrogens is 336 g/mol. The summed E-state index contributed by atoms with van der Waals surface area (Å²) in [6.07, 6.45) is 1.71. The predicted octanol–water partition coefficient (Wildman–Crippen LogP) is 4.11. The third-order valence-electron chi connectivity index (χ3n) is 3.84. The Morgan fingerprint density at radius 3 is 2.72 bits per heavy atom. The fraction of sp³-hybridized carbons (Fsp3) is 0.158. The number of aryl methyl sites for hydroxylation is 1. The molecule has 0 atom stereocenters. The standard InChI is InChI=1S/C19H18N2O3S/c1-13-6-3-4-9-16(13)20-12-21-18(22)17(25-19(21)23)11-14-7-5-8-15(10-14)24-2/h3-11,20H,12H2,1-2H3. The van der Waals surface area contributed by atoms with Gasteiger partial charge in [-0.3, -0.25) is 14.5 Å². The van der Waals surface area contributed by atoms with E-state index in [4.69, 9.17) is 4.74 Å². The van der Waals surface area contributed by atoms with Crippen molar-refractivity contribution < 1.29 is 14.3 Å². The van der Waals surface area contributed by atoms with Gasteiger partial charge in [-0.15, -0.1) is 0 Å². The molecule has 3 rings (SSSR count). The molecule has 128 valence electrons. The molecule has 1 fully saturated rings. The Morgan fingerprint density at radius 2 is 1.96 bits per heavy atom. The summed E-state index contributed by atoms with van der Waals surface area (Å²) >= 11 is 0.947. The van der Waals surface area contributed by atoms with Crippen LogP contribution in [0.25, 0.3) is 6.08 Å². The van der Waals surface area contributed by atoms with Gasteiger partial charge in [-0.2, -0.15) is 0 Å². The average Bonchev–Trinajstić information content (AvgIpc) is 2.88. The Morgan fingerprint density at radius 1 is 1.16 bits per heavy atom. The first-order valence-electron chi connectivity index (χ1n) is 7.77. The van der Waals surface area contributed by atoms with Gasteiger partial charge in [0.1, 0.15) is 5.75 Å². The zero-order chi connectivity index (χ0) is 17.8. The summed E-state index contributed by atoms with van der Waals surface area (Å²) < 4.78 is 5.18. The quantitative estimate of drug-likeness (QED) is 0.819. The monoisotopic (exact) mass is 354 g/mol. The number of para-hydroxylation sites is 1. The molecule has 0 spiro atoms. The van der Waals surface area contributed by atoms with Crippen LogP contribution >= 0.6 is 11.8 Å². The second-order valence-electron chi connectivity index (χ2n) is 5.54. The van der Waals surface area contributed by atoms with E-state index in [0.717, 1.165) is 28.6 Å². The predicted molar refractivity (Wildman–Crippen MR) is 100 cm³/mol. The largest absolute Gasteiger partial charge is 0.497 e. The zero-order valence-corrected chi connectivity index (χ0v) is 14.8. The van der Waals surface area contributed by atoms with Crippen LogP contribution in [0.2, 0.25) is 0 Å². The number of thioether (sulfide) groups is 1. The molecule has 0 bridgehead atoms. The molecule has 1 N–H and O–H groups in total.